The van der Waals surface area contributed by atoms with Gasteiger partial charge in [0.05, 0.1) is 5.60 Å². The molecule has 88 valence electrons. The Morgan fingerprint density at radius 3 is 2.38 bits per heavy atom. The fraction of sp³-hybridized carbons (Fsp3) is 0.538. The van der Waals surface area contributed by atoms with Crippen molar-refractivity contribution in [1.29, 1.82) is 0 Å². The van der Waals surface area contributed by atoms with Crippen molar-refractivity contribution in [3.05, 3.63) is 34.9 Å². The van der Waals surface area contributed by atoms with Crippen LogP contribution < -0.4 is 0 Å². The normalized spacial score (nSPS) is 21.7. The van der Waals surface area contributed by atoms with Gasteiger partial charge in [0.15, 0.2) is 0 Å². The van der Waals surface area contributed by atoms with Crippen LogP contribution in [0.4, 0.5) is 0 Å². The van der Waals surface area contributed by atoms with Gasteiger partial charge in [-0.05, 0) is 18.9 Å². The van der Waals surface area contributed by atoms with Gasteiger partial charge in [-0.15, -0.1) is 0 Å². The molecular formula is C13H17ClO2. The highest BCUT2D eigenvalue weighted by Gasteiger charge is 2.38. The highest BCUT2D eigenvalue weighted by molar-refractivity contribution is 6.31. The zero-order valence-corrected chi connectivity index (χ0v) is 9.95. The van der Waals surface area contributed by atoms with Crippen molar-refractivity contribution >= 4 is 11.6 Å². The molecule has 0 heterocycles. The first kappa shape index (κ1) is 11.9. The number of halogens is 1. The van der Waals surface area contributed by atoms with E-state index in [1.54, 1.807) is 12.1 Å². The van der Waals surface area contributed by atoms with E-state index in [0.717, 1.165) is 19.3 Å². The van der Waals surface area contributed by atoms with E-state index in [-0.39, 0.29) is 0 Å². The fourth-order valence-electron chi connectivity index (χ4n) is 2.42. The minimum absolute atomic E-state index is 0.522. The Bertz CT molecular complexity index is 359. The third-order valence-electron chi connectivity index (χ3n) is 3.43. The summed E-state index contributed by atoms with van der Waals surface area (Å²) in [5.74, 6) is 0. The molecule has 0 aliphatic heterocycles. The third kappa shape index (κ3) is 2.24. The van der Waals surface area contributed by atoms with Gasteiger partial charge in [-0.2, -0.15) is 0 Å². The molecule has 3 heteroatoms. The van der Waals surface area contributed by atoms with Crippen LogP contribution in [0.1, 0.15) is 43.8 Å². The maximum Gasteiger partial charge on any atom is 0.109 e. The van der Waals surface area contributed by atoms with Crippen LogP contribution in [0.15, 0.2) is 24.3 Å². The van der Waals surface area contributed by atoms with E-state index in [2.05, 4.69) is 0 Å². The number of benzene rings is 1. The van der Waals surface area contributed by atoms with Gasteiger partial charge in [-0.25, -0.2) is 0 Å². The maximum absolute atomic E-state index is 10.4. The zero-order valence-electron chi connectivity index (χ0n) is 9.19. The molecule has 1 aromatic carbocycles. The molecule has 0 saturated heterocycles. The molecule has 2 rings (SSSR count). The first-order valence-corrected chi connectivity index (χ1v) is 6.16. The molecule has 1 atom stereocenters. The van der Waals surface area contributed by atoms with Gasteiger partial charge in [-0.1, -0.05) is 49.1 Å². The van der Waals surface area contributed by atoms with Gasteiger partial charge in [0.1, 0.15) is 6.10 Å². The monoisotopic (exact) mass is 240 g/mol. The smallest absolute Gasteiger partial charge is 0.109 e. The van der Waals surface area contributed by atoms with Crippen molar-refractivity contribution in [2.75, 3.05) is 0 Å². The Balaban J connectivity index is 2.24. The number of rotatable bonds is 2. The predicted molar refractivity (Wildman–Crippen MR) is 64.4 cm³/mol. The molecule has 1 aromatic rings. The standard InChI is InChI=1S/C13H17ClO2/c14-11-7-3-2-6-10(11)12(15)13(16)8-4-1-5-9-13/h2-3,6-7,12,15-16H,1,4-5,8-9H2. The molecular weight excluding hydrogens is 224 g/mol. The van der Waals surface area contributed by atoms with E-state index >= 15 is 0 Å². The maximum atomic E-state index is 10.4. The highest BCUT2D eigenvalue weighted by atomic mass is 35.5. The van der Waals surface area contributed by atoms with Crippen LogP contribution >= 0.6 is 11.6 Å². The minimum atomic E-state index is -0.997. The Labute approximate surface area is 101 Å². The summed E-state index contributed by atoms with van der Waals surface area (Å²) in [7, 11) is 0. The fourth-order valence-corrected chi connectivity index (χ4v) is 2.66. The van der Waals surface area contributed by atoms with Crippen molar-refractivity contribution in [2.45, 2.75) is 43.8 Å². The topological polar surface area (TPSA) is 40.5 Å². The highest BCUT2D eigenvalue weighted by Crippen LogP contribution is 2.40. The van der Waals surface area contributed by atoms with Crippen LogP contribution in [0.5, 0.6) is 0 Å². The largest absolute Gasteiger partial charge is 0.387 e. The molecule has 1 aliphatic carbocycles. The summed E-state index contributed by atoms with van der Waals surface area (Å²) in [6.45, 7) is 0. The molecule has 0 radical (unpaired) electrons. The average Bonchev–Trinajstić information content (AvgIpc) is 2.30. The summed E-state index contributed by atoms with van der Waals surface area (Å²) in [6, 6.07) is 7.17. The van der Waals surface area contributed by atoms with E-state index in [1.165, 1.54) is 0 Å². The van der Waals surface area contributed by atoms with E-state index < -0.39 is 11.7 Å². The number of aliphatic hydroxyl groups is 2. The van der Waals surface area contributed by atoms with Crippen molar-refractivity contribution < 1.29 is 10.2 Å². The lowest BCUT2D eigenvalue weighted by Crippen LogP contribution is -2.38. The second-order valence-electron chi connectivity index (χ2n) is 4.59. The van der Waals surface area contributed by atoms with Gasteiger partial charge in [0.2, 0.25) is 0 Å². The number of aliphatic hydroxyl groups excluding tert-OH is 1. The number of hydrogen-bond acceptors (Lipinski definition) is 2. The van der Waals surface area contributed by atoms with E-state index in [4.69, 9.17) is 11.6 Å². The SMILES string of the molecule is OC(c1ccccc1Cl)C1(O)CCCCC1. The van der Waals surface area contributed by atoms with Crippen LogP contribution in [-0.2, 0) is 0 Å². The van der Waals surface area contributed by atoms with E-state index in [0.29, 0.717) is 23.4 Å². The molecule has 2 nitrogen and oxygen atoms in total. The molecule has 0 aromatic heterocycles. The van der Waals surface area contributed by atoms with Crippen LogP contribution in [0.2, 0.25) is 5.02 Å². The van der Waals surface area contributed by atoms with Gasteiger partial charge in [-0.3, -0.25) is 0 Å². The van der Waals surface area contributed by atoms with E-state index in [1.807, 2.05) is 12.1 Å². The van der Waals surface area contributed by atoms with Crippen molar-refractivity contribution in [3.63, 3.8) is 0 Å². The molecule has 0 amide bonds. The van der Waals surface area contributed by atoms with Gasteiger partial charge < -0.3 is 10.2 Å². The molecule has 0 spiro atoms. The molecule has 1 unspecified atom stereocenters. The Morgan fingerprint density at radius 2 is 1.75 bits per heavy atom. The number of hydrogen-bond donors (Lipinski definition) is 2. The summed E-state index contributed by atoms with van der Waals surface area (Å²) in [5, 5.41) is 21.2. The van der Waals surface area contributed by atoms with Crippen LogP contribution in [0.3, 0.4) is 0 Å². The third-order valence-corrected chi connectivity index (χ3v) is 3.77. The molecule has 1 saturated carbocycles. The van der Waals surface area contributed by atoms with Crippen molar-refractivity contribution in [2.24, 2.45) is 0 Å². The van der Waals surface area contributed by atoms with Gasteiger partial charge >= 0.3 is 0 Å². The summed E-state index contributed by atoms with van der Waals surface area (Å²) in [5.41, 5.74) is -0.364. The average molecular weight is 241 g/mol. The molecule has 16 heavy (non-hydrogen) atoms. The quantitative estimate of drug-likeness (QED) is 0.834. The predicted octanol–water partition coefficient (Wildman–Crippen LogP) is 3.07. The van der Waals surface area contributed by atoms with Gasteiger partial charge in [0, 0.05) is 10.6 Å². The minimum Gasteiger partial charge on any atom is -0.387 e. The second kappa shape index (κ2) is 4.74. The summed E-state index contributed by atoms with van der Waals surface area (Å²) >= 11 is 6.03. The lowest BCUT2D eigenvalue weighted by molar-refractivity contribution is -0.0991. The van der Waals surface area contributed by atoms with Crippen molar-refractivity contribution in [3.8, 4) is 0 Å². The van der Waals surface area contributed by atoms with Gasteiger partial charge in [0.25, 0.3) is 0 Å². The van der Waals surface area contributed by atoms with Crippen LogP contribution in [0, 0.1) is 0 Å². The second-order valence-corrected chi connectivity index (χ2v) is 5.00. The van der Waals surface area contributed by atoms with Crippen molar-refractivity contribution in [1.82, 2.24) is 0 Å². The van der Waals surface area contributed by atoms with E-state index in [9.17, 15) is 10.2 Å². The summed E-state index contributed by atoms with van der Waals surface area (Å²) in [6.07, 6.45) is 3.51. The lowest BCUT2D eigenvalue weighted by Gasteiger charge is -2.36. The molecule has 0 bridgehead atoms. The Kier molecular flexibility index (Phi) is 3.53. The zero-order chi connectivity index (χ0) is 11.6. The summed E-state index contributed by atoms with van der Waals surface area (Å²) < 4.78 is 0. The molecule has 1 aliphatic rings. The van der Waals surface area contributed by atoms with Crippen LogP contribution in [-0.4, -0.2) is 15.8 Å². The first-order valence-electron chi connectivity index (χ1n) is 5.78. The van der Waals surface area contributed by atoms with Crippen LogP contribution in [0.25, 0.3) is 0 Å². The molecule has 1 fully saturated rings. The first-order chi connectivity index (χ1) is 7.63. The molecule has 2 N–H and O–H groups in total. The lowest BCUT2D eigenvalue weighted by atomic mass is 9.78. The Morgan fingerprint density at radius 1 is 1.12 bits per heavy atom. The Hall–Kier alpha value is -0.570. The summed E-state index contributed by atoms with van der Waals surface area (Å²) in [4.78, 5) is 0.